The second-order valence-corrected chi connectivity index (χ2v) is 3.94. The normalized spacial score (nSPS) is 12.5. The molecule has 0 amide bonds. The zero-order valence-corrected chi connectivity index (χ0v) is 10.4. The molecule has 17 heavy (non-hydrogen) atoms. The van der Waals surface area contributed by atoms with E-state index in [4.69, 9.17) is 10.5 Å². The topological polar surface area (TPSA) is 55.6 Å². The molecule has 1 aromatic rings. The van der Waals surface area contributed by atoms with Crippen molar-refractivity contribution in [2.45, 2.75) is 19.5 Å². The van der Waals surface area contributed by atoms with E-state index in [0.29, 0.717) is 19.6 Å². The Morgan fingerprint density at radius 2 is 2.06 bits per heavy atom. The van der Waals surface area contributed by atoms with E-state index in [-0.39, 0.29) is 12.0 Å². The van der Waals surface area contributed by atoms with Crippen LogP contribution >= 0.6 is 0 Å². The Hall–Kier alpha value is -1.39. The molecular weight excluding hydrogens is 216 g/mol. The molecule has 0 aliphatic carbocycles. The molecule has 0 saturated heterocycles. The molecule has 0 aromatic heterocycles. The highest BCUT2D eigenvalue weighted by Gasteiger charge is 2.21. The second kappa shape index (κ2) is 7.04. The summed E-state index contributed by atoms with van der Waals surface area (Å²) >= 11 is 0. The molecule has 0 saturated carbocycles. The van der Waals surface area contributed by atoms with Crippen LogP contribution in [0.5, 0.6) is 0 Å². The first-order valence-electron chi connectivity index (χ1n) is 5.75. The van der Waals surface area contributed by atoms with Crippen molar-refractivity contribution in [3.63, 3.8) is 0 Å². The third-order valence-corrected chi connectivity index (χ3v) is 2.73. The average Bonchev–Trinajstić information content (AvgIpc) is 2.37. The Balaban J connectivity index is 2.69. The maximum absolute atomic E-state index is 11.5. The van der Waals surface area contributed by atoms with Gasteiger partial charge in [0, 0.05) is 19.6 Å². The van der Waals surface area contributed by atoms with Crippen LogP contribution < -0.4 is 5.73 Å². The number of hydrogen-bond donors (Lipinski definition) is 1. The van der Waals surface area contributed by atoms with Crippen molar-refractivity contribution in [2.75, 3.05) is 20.2 Å². The molecule has 0 fully saturated rings. The maximum atomic E-state index is 11.5. The van der Waals surface area contributed by atoms with E-state index < -0.39 is 0 Å². The van der Waals surface area contributed by atoms with Gasteiger partial charge < -0.3 is 10.5 Å². The molecule has 94 valence electrons. The molecule has 0 spiro atoms. The predicted octanol–water partition coefficient (Wildman–Crippen LogP) is 1.01. The molecular formula is C13H20N2O2. The Labute approximate surface area is 102 Å². The van der Waals surface area contributed by atoms with Crippen molar-refractivity contribution in [3.8, 4) is 0 Å². The highest BCUT2D eigenvalue weighted by atomic mass is 16.5. The average molecular weight is 236 g/mol. The van der Waals surface area contributed by atoms with Crippen molar-refractivity contribution < 1.29 is 9.53 Å². The SMILES string of the molecule is COC(=O)C(C)N(CCN)Cc1ccccc1. The smallest absolute Gasteiger partial charge is 0.322 e. The van der Waals surface area contributed by atoms with Crippen LogP contribution in [-0.2, 0) is 16.1 Å². The largest absolute Gasteiger partial charge is 0.468 e. The summed E-state index contributed by atoms with van der Waals surface area (Å²) < 4.78 is 4.76. The van der Waals surface area contributed by atoms with E-state index in [0.717, 1.165) is 5.56 Å². The fourth-order valence-corrected chi connectivity index (χ4v) is 1.71. The van der Waals surface area contributed by atoms with Gasteiger partial charge >= 0.3 is 5.97 Å². The van der Waals surface area contributed by atoms with Crippen LogP contribution in [0.4, 0.5) is 0 Å². The standard InChI is InChI=1S/C13H20N2O2/c1-11(13(16)17-2)15(9-8-14)10-12-6-4-3-5-7-12/h3-7,11H,8-10,14H2,1-2H3. The molecule has 2 N–H and O–H groups in total. The van der Waals surface area contributed by atoms with E-state index in [2.05, 4.69) is 0 Å². The predicted molar refractivity (Wildman–Crippen MR) is 67.4 cm³/mol. The Morgan fingerprint density at radius 1 is 1.41 bits per heavy atom. The minimum absolute atomic E-state index is 0.227. The van der Waals surface area contributed by atoms with E-state index in [9.17, 15) is 4.79 Å². The zero-order valence-electron chi connectivity index (χ0n) is 10.4. The molecule has 4 heteroatoms. The number of carbonyl (C=O) groups excluding carboxylic acids is 1. The first-order valence-corrected chi connectivity index (χ1v) is 5.75. The van der Waals surface area contributed by atoms with Crippen molar-refractivity contribution in [2.24, 2.45) is 5.73 Å². The number of ether oxygens (including phenoxy) is 1. The van der Waals surface area contributed by atoms with Gasteiger partial charge in [-0.1, -0.05) is 30.3 Å². The van der Waals surface area contributed by atoms with Gasteiger partial charge in [0.2, 0.25) is 0 Å². The van der Waals surface area contributed by atoms with Crippen molar-refractivity contribution in [1.82, 2.24) is 4.90 Å². The zero-order chi connectivity index (χ0) is 12.7. The number of hydrogen-bond acceptors (Lipinski definition) is 4. The summed E-state index contributed by atoms with van der Waals surface area (Å²) in [4.78, 5) is 13.5. The molecule has 0 radical (unpaired) electrons. The van der Waals surface area contributed by atoms with Crippen molar-refractivity contribution in [3.05, 3.63) is 35.9 Å². The lowest BCUT2D eigenvalue weighted by Crippen LogP contribution is -2.41. The summed E-state index contributed by atoms with van der Waals surface area (Å²) in [5.41, 5.74) is 6.73. The third-order valence-electron chi connectivity index (χ3n) is 2.73. The number of nitrogens with two attached hydrogens (primary N) is 1. The van der Waals surface area contributed by atoms with Gasteiger partial charge in [0.05, 0.1) is 7.11 Å². The molecule has 4 nitrogen and oxygen atoms in total. The number of benzene rings is 1. The van der Waals surface area contributed by atoms with E-state index >= 15 is 0 Å². The first kappa shape index (κ1) is 13.7. The maximum Gasteiger partial charge on any atom is 0.322 e. The molecule has 0 bridgehead atoms. The fourth-order valence-electron chi connectivity index (χ4n) is 1.71. The van der Waals surface area contributed by atoms with Gasteiger partial charge in [0.15, 0.2) is 0 Å². The first-order chi connectivity index (χ1) is 8.19. The van der Waals surface area contributed by atoms with Crippen LogP contribution in [0, 0.1) is 0 Å². The highest BCUT2D eigenvalue weighted by Crippen LogP contribution is 2.08. The Kier molecular flexibility index (Phi) is 5.66. The minimum atomic E-state index is -0.274. The quantitative estimate of drug-likeness (QED) is 0.749. The minimum Gasteiger partial charge on any atom is -0.468 e. The van der Waals surface area contributed by atoms with E-state index in [1.165, 1.54) is 7.11 Å². The van der Waals surface area contributed by atoms with Crippen molar-refractivity contribution in [1.29, 1.82) is 0 Å². The molecule has 0 aliphatic rings. The van der Waals surface area contributed by atoms with Gasteiger partial charge in [-0.2, -0.15) is 0 Å². The number of methoxy groups -OCH3 is 1. The molecule has 1 aromatic carbocycles. The summed E-state index contributed by atoms with van der Waals surface area (Å²) in [5.74, 6) is -0.227. The lowest BCUT2D eigenvalue weighted by Gasteiger charge is -2.26. The van der Waals surface area contributed by atoms with Crippen LogP contribution in [-0.4, -0.2) is 37.1 Å². The van der Waals surface area contributed by atoms with Gasteiger partial charge in [-0.05, 0) is 12.5 Å². The fraction of sp³-hybridized carbons (Fsp3) is 0.462. The molecule has 1 atom stereocenters. The number of nitrogens with zero attached hydrogens (tertiary/aromatic N) is 1. The second-order valence-electron chi connectivity index (χ2n) is 3.94. The molecule has 1 rings (SSSR count). The van der Waals surface area contributed by atoms with Gasteiger partial charge in [-0.25, -0.2) is 0 Å². The highest BCUT2D eigenvalue weighted by molar-refractivity contribution is 5.75. The van der Waals surface area contributed by atoms with Crippen LogP contribution in [0.3, 0.4) is 0 Å². The molecule has 0 aliphatic heterocycles. The molecule has 1 unspecified atom stereocenters. The van der Waals surface area contributed by atoms with Gasteiger partial charge in [0.25, 0.3) is 0 Å². The van der Waals surface area contributed by atoms with Crippen molar-refractivity contribution >= 4 is 5.97 Å². The summed E-state index contributed by atoms with van der Waals surface area (Å²) in [6.45, 7) is 3.73. The van der Waals surface area contributed by atoms with E-state index in [1.807, 2.05) is 42.2 Å². The lowest BCUT2D eigenvalue weighted by atomic mass is 10.2. The summed E-state index contributed by atoms with van der Waals surface area (Å²) in [6.07, 6.45) is 0. The summed E-state index contributed by atoms with van der Waals surface area (Å²) in [6, 6.07) is 9.74. The number of rotatable bonds is 6. The van der Waals surface area contributed by atoms with Crippen LogP contribution in [0.1, 0.15) is 12.5 Å². The Bertz CT molecular complexity index is 341. The van der Waals surface area contributed by atoms with Crippen LogP contribution in [0.2, 0.25) is 0 Å². The van der Waals surface area contributed by atoms with Crippen LogP contribution in [0.15, 0.2) is 30.3 Å². The summed E-state index contributed by atoms with van der Waals surface area (Å²) in [5, 5.41) is 0. The monoisotopic (exact) mass is 236 g/mol. The lowest BCUT2D eigenvalue weighted by molar-refractivity contribution is -0.146. The van der Waals surface area contributed by atoms with Gasteiger partial charge in [-0.15, -0.1) is 0 Å². The third kappa shape index (κ3) is 4.17. The number of carbonyl (C=O) groups is 1. The summed E-state index contributed by atoms with van der Waals surface area (Å²) in [7, 11) is 1.40. The van der Waals surface area contributed by atoms with Gasteiger partial charge in [0.1, 0.15) is 6.04 Å². The van der Waals surface area contributed by atoms with Crippen LogP contribution in [0.25, 0.3) is 0 Å². The van der Waals surface area contributed by atoms with E-state index in [1.54, 1.807) is 0 Å². The Morgan fingerprint density at radius 3 is 2.59 bits per heavy atom. The molecule has 0 heterocycles. The number of esters is 1. The van der Waals surface area contributed by atoms with Gasteiger partial charge in [-0.3, -0.25) is 9.69 Å².